The lowest BCUT2D eigenvalue weighted by Crippen LogP contribution is -2.11. The topological polar surface area (TPSA) is 21.3 Å². The molecule has 0 spiro atoms. The molecule has 0 fully saturated rings. The Hall–Kier alpha value is -0.500. The number of likely N-dealkylation sites (N-methyl/N-ethyl adjacent to an activating group) is 1. The van der Waals surface area contributed by atoms with Gasteiger partial charge in [-0.15, -0.1) is 0 Å². The summed E-state index contributed by atoms with van der Waals surface area (Å²) in [5, 5.41) is 2.98. The van der Waals surface area contributed by atoms with Gasteiger partial charge in [-0.1, -0.05) is 0 Å². The number of nitrogens with one attached hydrogen (secondary N) is 1. The van der Waals surface area contributed by atoms with Crippen LogP contribution in [-0.4, -0.2) is 20.7 Å². The van der Waals surface area contributed by atoms with E-state index < -0.39 is 0 Å². The molecular formula is C6H13NO. The predicted octanol–water partition coefficient (Wildman–Crippen LogP) is 0.756. The smallest absolute Gasteiger partial charge is 0.105 e. The quantitative estimate of drug-likeness (QED) is 0.548. The Morgan fingerprint density at radius 3 is 2.50 bits per heavy atom. The largest absolute Gasteiger partial charge is 0.500 e. The van der Waals surface area contributed by atoms with E-state index in [0.29, 0.717) is 0 Å². The summed E-state index contributed by atoms with van der Waals surface area (Å²) in [6.07, 6.45) is 1.94. The fourth-order valence-corrected chi connectivity index (χ4v) is 0.466. The molecule has 2 nitrogen and oxygen atoms in total. The Morgan fingerprint density at radius 2 is 2.38 bits per heavy atom. The zero-order valence-corrected chi connectivity index (χ0v) is 5.69. The van der Waals surface area contributed by atoms with Crippen LogP contribution in [0.15, 0.2) is 11.8 Å². The highest BCUT2D eigenvalue weighted by Crippen LogP contribution is 1.89. The molecule has 0 radical (unpaired) electrons. The molecule has 0 unspecified atom stereocenters. The van der Waals surface area contributed by atoms with Crippen LogP contribution in [0.1, 0.15) is 6.92 Å². The minimum atomic E-state index is 0.812. The van der Waals surface area contributed by atoms with Gasteiger partial charge < -0.3 is 10.1 Å². The molecule has 8 heavy (non-hydrogen) atoms. The third-order valence-electron chi connectivity index (χ3n) is 0.935. The molecule has 0 aliphatic heterocycles. The van der Waals surface area contributed by atoms with Gasteiger partial charge in [-0.2, -0.15) is 0 Å². The van der Waals surface area contributed by atoms with Gasteiger partial charge in [-0.3, -0.25) is 0 Å². The van der Waals surface area contributed by atoms with Crippen LogP contribution in [0.2, 0.25) is 0 Å². The van der Waals surface area contributed by atoms with Crippen molar-refractivity contribution in [2.24, 2.45) is 0 Å². The van der Waals surface area contributed by atoms with E-state index in [-0.39, 0.29) is 0 Å². The Kier molecular flexibility index (Phi) is 4.36. The summed E-state index contributed by atoms with van der Waals surface area (Å²) >= 11 is 0. The highest BCUT2D eigenvalue weighted by molar-refractivity contribution is 4.91. The maximum absolute atomic E-state index is 4.94. The van der Waals surface area contributed by atoms with Crippen molar-refractivity contribution >= 4 is 0 Å². The SMILES string of the molecule is C/C=C(/CNC)OC. The van der Waals surface area contributed by atoms with Gasteiger partial charge in [0, 0.05) is 0 Å². The molecule has 0 bridgehead atoms. The molecule has 0 aromatic carbocycles. The summed E-state index contributed by atoms with van der Waals surface area (Å²) in [4.78, 5) is 0. The van der Waals surface area contributed by atoms with Gasteiger partial charge in [-0.25, -0.2) is 0 Å². The minimum Gasteiger partial charge on any atom is -0.500 e. The first-order chi connectivity index (χ1) is 3.85. The molecule has 0 saturated heterocycles. The molecular weight excluding hydrogens is 102 g/mol. The summed E-state index contributed by atoms with van der Waals surface area (Å²) in [6, 6.07) is 0. The summed E-state index contributed by atoms with van der Waals surface area (Å²) in [6.45, 7) is 2.77. The van der Waals surface area contributed by atoms with E-state index in [0.717, 1.165) is 12.3 Å². The highest BCUT2D eigenvalue weighted by atomic mass is 16.5. The van der Waals surface area contributed by atoms with Crippen LogP contribution in [0, 0.1) is 0 Å². The number of ether oxygens (including phenoxy) is 1. The molecule has 0 aliphatic carbocycles. The predicted molar refractivity (Wildman–Crippen MR) is 34.7 cm³/mol. The third-order valence-corrected chi connectivity index (χ3v) is 0.935. The lowest BCUT2D eigenvalue weighted by molar-refractivity contribution is 0.281. The molecule has 0 aromatic heterocycles. The summed E-state index contributed by atoms with van der Waals surface area (Å²) < 4.78 is 4.94. The first-order valence-electron chi connectivity index (χ1n) is 2.69. The zero-order valence-electron chi connectivity index (χ0n) is 5.69. The van der Waals surface area contributed by atoms with Crippen LogP contribution in [-0.2, 0) is 4.74 Å². The molecule has 2 heteroatoms. The van der Waals surface area contributed by atoms with E-state index >= 15 is 0 Å². The fourth-order valence-electron chi connectivity index (χ4n) is 0.466. The standard InChI is InChI=1S/C6H13NO/c1-4-6(8-3)5-7-2/h4,7H,5H2,1-3H3/b6-4-. The van der Waals surface area contributed by atoms with E-state index in [1.165, 1.54) is 0 Å². The molecule has 0 aliphatic rings. The Bertz CT molecular complexity index is 78.6. The van der Waals surface area contributed by atoms with E-state index in [2.05, 4.69) is 5.32 Å². The first-order valence-corrected chi connectivity index (χ1v) is 2.69. The van der Waals surface area contributed by atoms with Gasteiger partial charge in [0.1, 0.15) is 5.76 Å². The third kappa shape index (κ3) is 2.64. The average molecular weight is 115 g/mol. The van der Waals surface area contributed by atoms with Gasteiger partial charge in [0.2, 0.25) is 0 Å². The Labute approximate surface area is 50.5 Å². The van der Waals surface area contributed by atoms with Gasteiger partial charge in [0.25, 0.3) is 0 Å². The average Bonchev–Trinajstić information content (AvgIpc) is 1.83. The minimum absolute atomic E-state index is 0.812. The molecule has 0 rings (SSSR count). The molecule has 0 aromatic rings. The molecule has 0 atom stereocenters. The lowest BCUT2D eigenvalue weighted by atomic mass is 10.4. The molecule has 1 N–H and O–H groups in total. The second kappa shape index (κ2) is 4.65. The van der Waals surface area contributed by atoms with Crippen molar-refractivity contribution in [3.8, 4) is 0 Å². The van der Waals surface area contributed by atoms with Crippen LogP contribution >= 0.6 is 0 Å². The van der Waals surface area contributed by atoms with E-state index in [1.54, 1.807) is 7.11 Å². The molecule has 0 saturated carbocycles. The Balaban J connectivity index is 3.38. The normalized spacial score (nSPS) is 11.6. The zero-order chi connectivity index (χ0) is 6.41. The van der Waals surface area contributed by atoms with Crippen molar-refractivity contribution in [2.75, 3.05) is 20.7 Å². The number of methoxy groups -OCH3 is 1. The van der Waals surface area contributed by atoms with E-state index in [1.807, 2.05) is 20.0 Å². The van der Waals surface area contributed by atoms with Crippen molar-refractivity contribution in [3.63, 3.8) is 0 Å². The summed E-state index contributed by atoms with van der Waals surface area (Å²) in [5.74, 6) is 0.979. The van der Waals surface area contributed by atoms with Crippen molar-refractivity contribution in [1.29, 1.82) is 0 Å². The number of hydrogen-bond acceptors (Lipinski definition) is 2. The summed E-state index contributed by atoms with van der Waals surface area (Å²) in [7, 11) is 3.56. The van der Waals surface area contributed by atoms with Crippen LogP contribution < -0.4 is 5.32 Å². The molecule has 48 valence electrons. The molecule has 0 heterocycles. The van der Waals surface area contributed by atoms with Gasteiger partial charge in [-0.05, 0) is 20.0 Å². The number of allylic oxidation sites excluding steroid dienone is 1. The molecule has 0 amide bonds. The Morgan fingerprint density at radius 1 is 1.75 bits per heavy atom. The van der Waals surface area contributed by atoms with Crippen molar-refractivity contribution in [3.05, 3.63) is 11.8 Å². The van der Waals surface area contributed by atoms with Crippen LogP contribution in [0.25, 0.3) is 0 Å². The van der Waals surface area contributed by atoms with Gasteiger partial charge in [0.05, 0.1) is 13.7 Å². The second-order valence-electron chi connectivity index (χ2n) is 1.49. The van der Waals surface area contributed by atoms with Crippen LogP contribution in [0.5, 0.6) is 0 Å². The number of rotatable bonds is 3. The van der Waals surface area contributed by atoms with E-state index in [9.17, 15) is 0 Å². The van der Waals surface area contributed by atoms with Crippen LogP contribution in [0.4, 0.5) is 0 Å². The maximum Gasteiger partial charge on any atom is 0.105 e. The maximum atomic E-state index is 4.94. The van der Waals surface area contributed by atoms with E-state index in [4.69, 9.17) is 4.74 Å². The number of hydrogen-bond donors (Lipinski definition) is 1. The van der Waals surface area contributed by atoms with Crippen molar-refractivity contribution in [1.82, 2.24) is 5.32 Å². The van der Waals surface area contributed by atoms with Gasteiger partial charge in [0.15, 0.2) is 0 Å². The van der Waals surface area contributed by atoms with Gasteiger partial charge >= 0.3 is 0 Å². The van der Waals surface area contributed by atoms with Crippen LogP contribution in [0.3, 0.4) is 0 Å². The monoisotopic (exact) mass is 115 g/mol. The lowest BCUT2D eigenvalue weighted by Gasteiger charge is -2.01. The first kappa shape index (κ1) is 7.50. The fraction of sp³-hybridized carbons (Fsp3) is 0.667. The van der Waals surface area contributed by atoms with Crippen molar-refractivity contribution in [2.45, 2.75) is 6.92 Å². The van der Waals surface area contributed by atoms with Crippen molar-refractivity contribution < 1.29 is 4.74 Å². The second-order valence-corrected chi connectivity index (χ2v) is 1.49. The highest BCUT2D eigenvalue weighted by Gasteiger charge is 1.86. The summed E-state index contributed by atoms with van der Waals surface area (Å²) in [5.41, 5.74) is 0.